The van der Waals surface area contributed by atoms with Crippen LogP contribution >= 0.6 is 23.4 Å². The van der Waals surface area contributed by atoms with Gasteiger partial charge in [-0.15, -0.1) is 11.8 Å². The van der Waals surface area contributed by atoms with E-state index in [9.17, 15) is 0 Å². The molecule has 1 aromatic rings. The zero-order valence-corrected chi connectivity index (χ0v) is 7.88. The SMILES string of the molecule is CCSc1cc(N)ccc1Cl. The predicted molar refractivity (Wildman–Crippen MR) is 52.3 cm³/mol. The van der Waals surface area contributed by atoms with E-state index in [1.54, 1.807) is 11.8 Å². The number of thioether (sulfide) groups is 1. The molecule has 0 saturated carbocycles. The Kier molecular flexibility index (Phi) is 3.09. The first kappa shape index (κ1) is 8.75. The van der Waals surface area contributed by atoms with Gasteiger partial charge in [0, 0.05) is 10.6 Å². The molecule has 0 radical (unpaired) electrons. The molecule has 2 N–H and O–H groups in total. The van der Waals surface area contributed by atoms with E-state index in [2.05, 4.69) is 6.92 Å². The van der Waals surface area contributed by atoms with Gasteiger partial charge in [-0.05, 0) is 24.0 Å². The molecule has 3 heteroatoms. The van der Waals surface area contributed by atoms with Crippen LogP contribution in [0.25, 0.3) is 0 Å². The van der Waals surface area contributed by atoms with Gasteiger partial charge in [0.1, 0.15) is 0 Å². The normalized spacial score (nSPS) is 10.0. The predicted octanol–water partition coefficient (Wildman–Crippen LogP) is 3.03. The minimum absolute atomic E-state index is 0.769. The molecular weight excluding hydrogens is 178 g/mol. The first-order chi connectivity index (χ1) is 5.24. The summed E-state index contributed by atoms with van der Waals surface area (Å²) >= 11 is 7.60. The molecule has 11 heavy (non-hydrogen) atoms. The van der Waals surface area contributed by atoms with Gasteiger partial charge >= 0.3 is 0 Å². The maximum Gasteiger partial charge on any atom is 0.0543 e. The van der Waals surface area contributed by atoms with Gasteiger partial charge in [-0.25, -0.2) is 0 Å². The number of nitrogen functional groups attached to an aromatic ring is 1. The van der Waals surface area contributed by atoms with Crippen molar-refractivity contribution in [2.75, 3.05) is 11.5 Å². The first-order valence-electron chi connectivity index (χ1n) is 3.42. The summed E-state index contributed by atoms with van der Waals surface area (Å²) in [5.74, 6) is 1.02. The first-order valence-corrected chi connectivity index (χ1v) is 4.78. The monoisotopic (exact) mass is 187 g/mol. The second-order valence-electron chi connectivity index (χ2n) is 2.12. The van der Waals surface area contributed by atoms with Crippen LogP contribution in [0.4, 0.5) is 5.69 Å². The van der Waals surface area contributed by atoms with Crippen LogP contribution in [-0.2, 0) is 0 Å². The summed E-state index contributed by atoms with van der Waals surface area (Å²) in [6.45, 7) is 2.09. The lowest BCUT2D eigenvalue weighted by Gasteiger charge is -2.01. The summed E-state index contributed by atoms with van der Waals surface area (Å²) in [7, 11) is 0. The summed E-state index contributed by atoms with van der Waals surface area (Å²) < 4.78 is 0. The smallest absolute Gasteiger partial charge is 0.0543 e. The van der Waals surface area contributed by atoms with E-state index < -0.39 is 0 Å². The number of hydrogen-bond donors (Lipinski definition) is 1. The van der Waals surface area contributed by atoms with Crippen molar-refractivity contribution in [1.82, 2.24) is 0 Å². The minimum atomic E-state index is 0.769. The molecule has 0 spiro atoms. The van der Waals surface area contributed by atoms with Gasteiger partial charge in [-0.1, -0.05) is 18.5 Å². The van der Waals surface area contributed by atoms with Crippen molar-refractivity contribution in [2.24, 2.45) is 0 Å². The standard InChI is InChI=1S/C8H10ClNS/c1-2-11-8-5-6(10)3-4-7(8)9/h3-5H,2,10H2,1H3. The van der Waals surface area contributed by atoms with E-state index in [1.807, 2.05) is 18.2 Å². The number of benzene rings is 1. The second-order valence-corrected chi connectivity index (χ2v) is 3.84. The van der Waals surface area contributed by atoms with Crippen molar-refractivity contribution in [1.29, 1.82) is 0 Å². The summed E-state index contributed by atoms with van der Waals surface area (Å²) in [6, 6.07) is 5.54. The van der Waals surface area contributed by atoms with Crippen LogP contribution in [0.2, 0.25) is 5.02 Å². The fourth-order valence-corrected chi connectivity index (χ4v) is 1.80. The molecule has 0 aliphatic rings. The minimum Gasteiger partial charge on any atom is -0.399 e. The molecular formula is C8H10ClNS. The molecule has 0 aromatic heterocycles. The maximum atomic E-state index is 5.90. The highest BCUT2D eigenvalue weighted by atomic mass is 35.5. The summed E-state index contributed by atoms with van der Waals surface area (Å²) in [6.07, 6.45) is 0. The molecule has 0 atom stereocenters. The highest BCUT2D eigenvalue weighted by Gasteiger charge is 1.98. The Morgan fingerprint density at radius 2 is 2.27 bits per heavy atom. The van der Waals surface area contributed by atoms with Gasteiger partial charge in [0.05, 0.1) is 5.02 Å². The lowest BCUT2D eigenvalue weighted by Crippen LogP contribution is -1.84. The van der Waals surface area contributed by atoms with Crippen LogP contribution in [0, 0.1) is 0 Å². The Labute approximate surface area is 75.9 Å². The quantitative estimate of drug-likeness (QED) is 0.569. The van der Waals surface area contributed by atoms with Crippen molar-refractivity contribution in [3.8, 4) is 0 Å². The molecule has 0 fully saturated rings. The van der Waals surface area contributed by atoms with Gasteiger partial charge in [-0.2, -0.15) is 0 Å². The van der Waals surface area contributed by atoms with Gasteiger partial charge < -0.3 is 5.73 Å². The molecule has 0 amide bonds. The molecule has 0 bridgehead atoms. The van der Waals surface area contributed by atoms with Crippen molar-refractivity contribution >= 4 is 29.1 Å². The van der Waals surface area contributed by atoms with Crippen molar-refractivity contribution in [3.05, 3.63) is 23.2 Å². The summed E-state index contributed by atoms with van der Waals surface area (Å²) in [5.41, 5.74) is 6.35. The fraction of sp³-hybridized carbons (Fsp3) is 0.250. The molecule has 1 aromatic carbocycles. The van der Waals surface area contributed by atoms with Gasteiger partial charge in [0.2, 0.25) is 0 Å². The largest absolute Gasteiger partial charge is 0.399 e. The summed E-state index contributed by atoms with van der Waals surface area (Å²) in [5, 5.41) is 0.783. The lowest BCUT2D eigenvalue weighted by atomic mass is 10.3. The topological polar surface area (TPSA) is 26.0 Å². The highest BCUT2D eigenvalue weighted by molar-refractivity contribution is 7.99. The molecule has 1 rings (SSSR count). The highest BCUT2D eigenvalue weighted by Crippen LogP contribution is 2.28. The molecule has 0 unspecified atom stereocenters. The lowest BCUT2D eigenvalue weighted by molar-refractivity contribution is 1.43. The van der Waals surface area contributed by atoms with E-state index in [-0.39, 0.29) is 0 Å². The second kappa shape index (κ2) is 3.88. The fourth-order valence-electron chi connectivity index (χ4n) is 0.786. The molecule has 0 heterocycles. The molecule has 0 aliphatic carbocycles. The Morgan fingerprint density at radius 3 is 2.91 bits per heavy atom. The van der Waals surface area contributed by atoms with E-state index in [0.29, 0.717) is 0 Å². The molecule has 0 saturated heterocycles. The van der Waals surface area contributed by atoms with E-state index in [0.717, 1.165) is 21.4 Å². The van der Waals surface area contributed by atoms with Gasteiger partial charge in [0.15, 0.2) is 0 Å². The van der Waals surface area contributed by atoms with E-state index in [4.69, 9.17) is 17.3 Å². The zero-order valence-electron chi connectivity index (χ0n) is 6.30. The Balaban J connectivity index is 2.93. The van der Waals surface area contributed by atoms with Crippen LogP contribution < -0.4 is 5.73 Å². The Hall–Kier alpha value is -0.340. The number of halogens is 1. The summed E-state index contributed by atoms with van der Waals surface area (Å²) in [4.78, 5) is 1.06. The van der Waals surface area contributed by atoms with Crippen LogP contribution in [0.3, 0.4) is 0 Å². The number of hydrogen-bond acceptors (Lipinski definition) is 2. The van der Waals surface area contributed by atoms with Crippen LogP contribution in [0.5, 0.6) is 0 Å². The van der Waals surface area contributed by atoms with Gasteiger partial charge in [0.25, 0.3) is 0 Å². The number of anilines is 1. The van der Waals surface area contributed by atoms with Gasteiger partial charge in [-0.3, -0.25) is 0 Å². The average Bonchev–Trinajstić information content (AvgIpc) is 1.98. The Morgan fingerprint density at radius 1 is 1.55 bits per heavy atom. The number of rotatable bonds is 2. The molecule has 0 aliphatic heterocycles. The van der Waals surface area contributed by atoms with Crippen LogP contribution in [0.1, 0.15) is 6.92 Å². The number of nitrogens with two attached hydrogens (primary N) is 1. The van der Waals surface area contributed by atoms with Crippen molar-refractivity contribution < 1.29 is 0 Å². The third-order valence-electron chi connectivity index (χ3n) is 1.26. The van der Waals surface area contributed by atoms with Crippen LogP contribution in [0.15, 0.2) is 23.1 Å². The van der Waals surface area contributed by atoms with Crippen molar-refractivity contribution in [2.45, 2.75) is 11.8 Å². The van der Waals surface area contributed by atoms with E-state index >= 15 is 0 Å². The zero-order chi connectivity index (χ0) is 8.27. The third-order valence-corrected chi connectivity index (χ3v) is 2.63. The van der Waals surface area contributed by atoms with Crippen LogP contribution in [-0.4, -0.2) is 5.75 Å². The van der Waals surface area contributed by atoms with Crippen molar-refractivity contribution in [3.63, 3.8) is 0 Å². The molecule has 1 nitrogen and oxygen atoms in total. The average molecular weight is 188 g/mol. The van der Waals surface area contributed by atoms with E-state index in [1.165, 1.54) is 0 Å². The third kappa shape index (κ3) is 2.31. The Bertz CT molecular complexity index is 250. The maximum absolute atomic E-state index is 5.90. The molecule has 60 valence electrons.